The first-order valence-electron chi connectivity index (χ1n) is 5.40. The summed E-state index contributed by atoms with van der Waals surface area (Å²) in [6.45, 7) is 2.08. The predicted molar refractivity (Wildman–Crippen MR) is 79.9 cm³/mol. The highest BCUT2D eigenvalue weighted by Crippen LogP contribution is 2.44. The third-order valence-electron chi connectivity index (χ3n) is 2.53. The molecular weight excluding hydrogens is 246 g/mol. The molecule has 3 heteroatoms. The number of thiocarbonyl (C=S) groups is 1. The normalized spacial score (nSPS) is 13.1. The van der Waals surface area contributed by atoms with E-state index in [1.807, 2.05) is 18.2 Å². The molecule has 0 aliphatic rings. The molecule has 0 spiro atoms. The van der Waals surface area contributed by atoms with Gasteiger partial charge < -0.3 is 5.73 Å². The van der Waals surface area contributed by atoms with Crippen molar-refractivity contribution in [1.29, 1.82) is 0 Å². The lowest BCUT2D eigenvalue weighted by atomic mass is 10.2. The second-order valence-electron chi connectivity index (χ2n) is 3.84. The van der Waals surface area contributed by atoms with Crippen molar-refractivity contribution in [1.82, 2.24) is 0 Å². The number of thiol groups is 1. The molecule has 2 rings (SSSR count). The van der Waals surface area contributed by atoms with Gasteiger partial charge in [0, 0.05) is 0 Å². The van der Waals surface area contributed by atoms with Gasteiger partial charge in [0.1, 0.15) is 4.32 Å². The van der Waals surface area contributed by atoms with E-state index in [1.165, 1.54) is 15.4 Å². The van der Waals surface area contributed by atoms with Crippen LogP contribution in [0.1, 0.15) is 5.56 Å². The first-order valence-corrected chi connectivity index (χ1v) is 7.15. The van der Waals surface area contributed by atoms with E-state index in [0.717, 1.165) is 0 Å². The fraction of sp³-hybridized carbons (Fsp3) is 0.0714. The maximum Gasteiger partial charge on any atom is 0.119 e. The number of aryl methyl sites for hydroxylation is 1. The van der Waals surface area contributed by atoms with E-state index < -0.39 is 10.9 Å². The summed E-state index contributed by atoms with van der Waals surface area (Å²) >= 11 is 5.22. The van der Waals surface area contributed by atoms with Gasteiger partial charge in [-0.05, 0) is 41.0 Å². The van der Waals surface area contributed by atoms with Gasteiger partial charge in [0.05, 0.1) is 0 Å². The van der Waals surface area contributed by atoms with Crippen LogP contribution in [0.3, 0.4) is 0 Å². The highest BCUT2D eigenvalue weighted by molar-refractivity contribution is 8.36. The van der Waals surface area contributed by atoms with Crippen LogP contribution >= 0.6 is 23.1 Å². The minimum atomic E-state index is -0.713. The van der Waals surface area contributed by atoms with Gasteiger partial charge in [0.2, 0.25) is 0 Å². The zero-order chi connectivity index (χ0) is 12.3. The lowest BCUT2D eigenvalue weighted by Crippen LogP contribution is -2.09. The number of rotatable bonds is 2. The number of nitrogens with two attached hydrogens (primary N) is 1. The van der Waals surface area contributed by atoms with E-state index in [2.05, 4.69) is 43.3 Å². The van der Waals surface area contributed by atoms with Crippen molar-refractivity contribution in [2.24, 2.45) is 5.73 Å². The molecule has 2 aromatic carbocycles. The zero-order valence-corrected chi connectivity index (χ0v) is 11.3. The largest absolute Gasteiger partial charge is 0.386 e. The lowest BCUT2D eigenvalue weighted by Gasteiger charge is -2.21. The van der Waals surface area contributed by atoms with Crippen molar-refractivity contribution in [2.45, 2.75) is 16.7 Å². The second-order valence-corrected chi connectivity index (χ2v) is 6.77. The van der Waals surface area contributed by atoms with Gasteiger partial charge in [-0.2, -0.15) is 0 Å². The maximum atomic E-state index is 5.90. The molecule has 1 atom stereocenters. The zero-order valence-electron chi connectivity index (χ0n) is 9.63. The Morgan fingerprint density at radius 3 is 2.00 bits per heavy atom. The molecular formula is C14H15NS2. The van der Waals surface area contributed by atoms with Crippen LogP contribution in [0.4, 0.5) is 0 Å². The predicted octanol–water partition coefficient (Wildman–Crippen LogP) is 3.66. The molecule has 0 aliphatic carbocycles. The Kier molecular flexibility index (Phi) is 3.82. The van der Waals surface area contributed by atoms with E-state index >= 15 is 0 Å². The fourth-order valence-corrected chi connectivity index (χ4v) is 4.03. The van der Waals surface area contributed by atoms with Crippen molar-refractivity contribution in [3.8, 4) is 0 Å². The lowest BCUT2D eigenvalue weighted by molar-refractivity contribution is 1.35. The molecule has 0 amide bonds. The molecule has 1 nitrogen and oxygen atoms in total. The maximum absolute atomic E-state index is 5.90. The molecule has 2 N–H and O–H groups in total. The van der Waals surface area contributed by atoms with E-state index in [9.17, 15) is 0 Å². The van der Waals surface area contributed by atoms with E-state index in [1.54, 1.807) is 0 Å². The van der Waals surface area contributed by atoms with E-state index in [4.69, 9.17) is 18.0 Å². The highest BCUT2D eigenvalue weighted by Gasteiger charge is 2.11. The first-order chi connectivity index (χ1) is 8.18. The van der Waals surface area contributed by atoms with Crippen molar-refractivity contribution >= 4 is 27.4 Å². The Bertz CT molecular complexity index is 506. The molecule has 88 valence electrons. The van der Waals surface area contributed by atoms with Crippen molar-refractivity contribution in [3.63, 3.8) is 0 Å². The molecule has 0 saturated carbocycles. The average molecular weight is 261 g/mol. The summed E-state index contributed by atoms with van der Waals surface area (Å²) in [5.74, 6) is 0. The fourth-order valence-electron chi connectivity index (χ4n) is 1.67. The van der Waals surface area contributed by atoms with Gasteiger partial charge in [-0.1, -0.05) is 48.1 Å². The Hall–Kier alpha value is -1.32. The first kappa shape index (κ1) is 12.1. The Morgan fingerprint density at radius 1 is 0.941 bits per heavy atom. The molecule has 0 aromatic heterocycles. The topological polar surface area (TPSA) is 26.0 Å². The summed E-state index contributed by atoms with van der Waals surface area (Å²) in [5.41, 5.74) is 7.15. The van der Waals surface area contributed by atoms with Gasteiger partial charge >= 0.3 is 0 Å². The van der Waals surface area contributed by atoms with Crippen LogP contribution in [0.5, 0.6) is 0 Å². The summed E-state index contributed by atoms with van der Waals surface area (Å²) in [4.78, 5) is 2.42. The second kappa shape index (κ2) is 5.34. The van der Waals surface area contributed by atoms with Crippen LogP contribution in [0.2, 0.25) is 0 Å². The minimum absolute atomic E-state index is 0.579. The van der Waals surface area contributed by atoms with Crippen LogP contribution in [0.25, 0.3) is 0 Å². The molecule has 0 fully saturated rings. The highest BCUT2D eigenvalue weighted by atomic mass is 32.2. The molecule has 0 aliphatic heterocycles. The van der Waals surface area contributed by atoms with Gasteiger partial charge in [-0.3, -0.25) is 0 Å². The van der Waals surface area contributed by atoms with Gasteiger partial charge in [0.15, 0.2) is 0 Å². The quantitative estimate of drug-likeness (QED) is 0.637. The van der Waals surface area contributed by atoms with E-state index in [-0.39, 0.29) is 0 Å². The Labute approximate surface area is 110 Å². The summed E-state index contributed by atoms with van der Waals surface area (Å²) in [6, 6.07) is 18.7. The van der Waals surface area contributed by atoms with E-state index in [0.29, 0.717) is 4.32 Å². The molecule has 0 saturated heterocycles. The summed E-state index contributed by atoms with van der Waals surface area (Å²) in [6.07, 6.45) is 0. The number of benzene rings is 2. The van der Waals surface area contributed by atoms with Gasteiger partial charge in [-0.15, -0.1) is 10.9 Å². The third kappa shape index (κ3) is 2.87. The minimum Gasteiger partial charge on any atom is -0.386 e. The molecule has 0 radical (unpaired) electrons. The standard InChI is InChI=1S/C14H15NS2/c1-11-7-9-13(10-8-11)17(14(15)16)12-5-3-2-4-6-12/h2-10,17H,1H3,(H2,15,16). The molecule has 1 unspecified atom stereocenters. The Morgan fingerprint density at radius 2 is 1.47 bits per heavy atom. The Balaban J connectivity index is 2.43. The molecule has 2 aromatic rings. The van der Waals surface area contributed by atoms with Crippen molar-refractivity contribution in [2.75, 3.05) is 0 Å². The van der Waals surface area contributed by atoms with Crippen LogP contribution in [0, 0.1) is 6.92 Å². The summed E-state index contributed by atoms with van der Waals surface area (Å²) in [7, 11) is -0.713. The summed E-state index contributed by atoms with van der Waals surface area (Å²) < 4.78 is 0.579. The molecule has 0 bridgehead atoms. The smallest absolute Gasteiger partial charge is 0.119 e. The average Bonchev–Trinajstić information content (AvgIpc) is 2.33. The van der Waals surface area contributed by atoms with Gasteiger partial charge in [0.25, 0.3) is 0 Å². The van der Waals surface area contributed by atoms with Crippen LogP contribution in [-0.2, 0) is 0 Å². The molecule has 17 heavy (non-hydrogen) atoms. The van der Waals surface area contributed by atoms with Crippen molar-refractivity contribution < 1.29 is 0 Å². The number of hydrogen-bond donors (Lipinski definition) is 2. The van der Waals surface area contributed by atoms with Gasteiger partial charge in [-0.25, -0.2) is 0 Å². The number of hydrogen-bond acceptors (Lipinski definition) is 1. The molecule has 0 heterocycles. The van der Waals surface area contributed by atoms with Crippen LogP contribution in [0.15, 0.2) is 64.4 Å². The van der Waals surface area contributed by atoms with Crippen molar-refractivity contribution in [3.05, 3.63) is 60.2 Å². The third-order valence-corrected chi connectivity index (χ3v) is 5.14. The van der Waals surface area contributed by atoms with Crippen LogP contribution < -0.4 is 5.73 Å². The van der Waals surface area contributed by atoms with Crippen LogP contribution in [-0.4, -0.2) is 4.32 Å². The summed E-state index contributed by atoms with van der Waals surface area (Å²) in [5, 5.41) is 0. The SMILES string of the molecule is Cc1ccc([SH](C(N)=S)c2ccccc2)cc1. The monoisotopic (exact) mass is 261 g/mol.